The zero-order valence-electron chi connectivity index (χ0n) is 7.02. The average Bonchev–Trinajstić information content (AvgIpc) is 2.06. The molecule has 70 valence electrons. The fraction of sp³-hybridized carbons (Fsp3) is 0.857. The van der Waals surface area contributed by atoms with Crippen molar-refractivity contribution in [3.05, 3.63) is 0 Å². The summed E-state index contributed by atoms with van der Waals surface area (Å²) in [5.74, 6) is 0. The van der Waals surface area contributed by atoms with Crippen LogP contribution in [-0.4, -0.2) is 55.6 Å². The Balaban J connectivity index is 2.24. The number of nitrogens with zero attached hydrogens (tertiary/aromatic N) is 1. The molecule has 5 nitrogen and oxygen atoms in total. The molecule has 1 amide bonds. The first-order valence-electron chi connectivity index (χ1n) is 3.83. The summed E-state index contributed by atoms with van der Waals surface area (Å²) in [5.41, 5.74) is 0. The molecule has 1 saturated heterocycles. The second-order valence-electron chi connectivity index (χ2n) is 2.73. The first kappa shape index (κ1) is 9.28. The molecule has 0 saturated carbocycles. The zero-order valence-corrected chi connectivity index (χ0v) is 7.02. The molecule has 0 spiro atoms. The first-order chi connectivity index (χ1) is 5.70. The molecule has 0 aromatic heterocycles. The van der Waals surface area contributed by atoms with Gasteiger partial charge in [0, 0.05) is 7.05 Å². The maximum atomic E-state index is 10.4. The van der Waals surface area contributed by atoms with Crippen molar-refractivity contribution in [1.29, 1.82) is 0 Å². The Hall–Kier alpha value is -0.810. The van der Waals surface area contributed by atoms with Gasteiger partial charge in [0.15, 0.2) is 0 Å². The van der Waals surface area contributed by atoms with E-state index < -0.39 is 6.09 Å². The highest BCUT2D eigenvalue weighted by molar-refractivity contribution is 5.64. The SMILES string of the molecule is CN(C[C@@H]1COCCO1)C(=O)O. The zero-order chi connectivity index (χ0) is 8.97. The van der Waals surface area contributed by atoms with Crippen LogP contribution < -0.4 is 0 Å². The highest BCUT2D eigenvalue weighted by Crippen LogP contribution is 2.02. The van der Waals surface area contributed by atoms with E-state index in [1.54, 1.807) is 0 Å². The highest BCUT2D eigenvalue weighted by Gasteiger charge is 2.18. The summed E-state index contributed by atoms with van der Waals surface area (Å²) in [5, 5.41) is 8.54. The van der Waals surface area contributed by atoms with Crippen LogP contribution >= 0.6 is 0 Å². The van der Waals surface area contributed by atoms with Crippen molar-refractivity contribution in [1.82, 2.24) is 4.90 Å². The summed E-state index contributed by atoms with van der Waals surface area (Å²) < 4.78 is 10.4. The summed E-state index contributed by atoms with van der Waals surface area (Å²) >= 11 is 0. The molecule has 1 atom stereocenters. The predicted molar refractivity (Wildman–Crippen MR) is 41.2 cm³/mol. The van der Waals surface area contributed by atoms with E-state index in [0.717, 1.165) is 0 Å². The summed E-state index contributed by atoms with van der Waals surface area (Å²) in [6, 6.07) is 0. The van der Waals surface area contributed by atoms with E-state index >= 15 is 0 Å². The van der Waals surface area contributed by atoms with Gasteiger partial charge in [0.2, 0.25) is 0 Å². The lowest BCUT2D eigenvalue weighted by Crippen LogP contribution is -2.40. The fourth-order valence-electron chi connectivity index (χ4n) is 1.03. The maximum Gasteiger partial charge on any atom is 0.407 e. The third kappa shape index (κ3) is 2.67. The number of likely N-dealkylation sites (N-methyl/N-ethyl adjacent to an activating group) is 1. The molecule has 1 aliphatic rings. The summed E-state index contributed by atoms with van der Waals surface area (Å²) in [4.78, 5) is 11.6. The molecule has 0 aromatic rings. The first-order valence-corrected chi connectivity index (χ1v) is 3.83. The van der Waals surface area contributed by atoms with Crippen LogP contribution in [0.2, 0.25) is 0 Å². The smallest absolute Gasteiger partial charge is 0.407 e. The van der Waals surface area contributed by atoms with Crippen LogP contribution in [-0.2, 0) is 9.47 Å². The van der Waals surface area contributed by atoms with Gasteiger partial charge in [0.25, 0.3) is 0 Å². The number of carboxylic acid groups (broad SMARTS) is 1. The van der Waals surface area contributed by atoms with Crippen LogP contribution in [0, 0.1) is 0 Å². The van der Waals surface area contributed by atoms with Gasteiger partial charge >= 0.3 is 6.09 Å². The molecule has 0 radical (unpaired) electrons. The van der Waals surface area contributed by atoms with Crippen molar-refractivity contribution >= 4 is 6.09 Å². The Bertz CT molecular complexity index is 155. The predicted octanol–water partition coefficient (Wildman–Crippen LogP) is 0.0116. The number of rotatable bonds is 2. The van der Waals surface area contributed by atoms with E-state index in [0.29, 0.717) is 26.4 Å². The average molecular weight is 175 g/mol. The molecule has 1 aliphatic heterocycles. The Kier molecular flexibility index (Phi) is 3.31. The van der Waals surface area contributed by atoms with Crippen molar-refractivity contribution in [3.8, 4) is 0 Å². The van der Waals surface area contributed by atoms with Crippen LogP contribution in [0.5, 0.6) is 0 Å². The van der Waals surface area contributed by atoms with E-state index in [4.69, 9.17) is 14.6 Å². The Morgan fingerprint density at radius 2 is 2.42 bits per heavy atom. The minimum atomic E-state index is -0.941. The van der Waals surface area contributed by atoms with Gasteiger partial charge in [-0.15, -0.1) is 0 Å². The molecule has 1 fully saturated rings. The van der Waals surface area contributed by atoms with Crippen LogP contribution in [0.1, 0.15) is 0 Å². The third-order valence-corrected chi connectivity index (χ3v) is 1.69. The molecule has 1 N–H and O–H groups in total. The van der Waals surface area contributed by atoms with E-state index in [-0.39, 0.29) is 6.10 Å². The van der Waals surface area contributed by atoms with Gasteiger partial charge in [-0.3, -0.25) is 0 Å². The monoisotopic (exact) mass is 175 g/mol. The molecule has 0 aliphatic carbocycles. The molecule has 12 heavy (non-hydrogen) atoms. The molecular weight excluding hydrogens is 162 g/mol. The number of hydrogen-bond donors (Lipinski definition) is 1. The van der Waals surface area contributed by atoms with E-state index in [1.165, 1.54) is 11.9 Å². The summed E-state index contributed by atoms with van der Waals surface area (Å²) in [6.45, 7) is 2.01. The largest absolute Gasteiger partial charge is 0.465 e. The van der Waals surface area contributed by atoms with Crippen molar-refractivity contribution in [2.75, 3.05) is 33.4 Å². The van der Waals surface area contributed by atoms with E-state index in [9.17, 15) is 4.79 Å². The molecule has 1 rings (SSSR count). The van der Waals surface area contributed by atoms with Crippen molar-refractivity contribution < 1.29 is 19.4 Å². The maximum absolute atomic E-state index is 10.4. The highest BCUT2D eigenvalue weighted by atomic mass is 16.6. The van der Waals surface area contributed by atoms with Crippen LogP contribution in [0.4, 0.5) is 4.79 Å². The topological polar surface area (TPSA) is 59.0 Å². The standard InChI is InChI=1S/C7H13NO4/c1-8(7(9)10)4-6-5-11-2-3-12-6/h6H,2-5H2,1H3,(H,9,10)/t6-/m1/s1. The van der Waals surface area contributed by atoms with E-state index in [2.05, 4.69) is 0 Å². The lowest BCUT2D eigenvalue weighted by molar-refractivity contribution is -0.0938. The molecule has 0 unspecified atom stereocenters. The lowest BCUT2D eigenvalue weighted by atomic mass is 10.3. The second-order valence-corrected chi connectivity index (χ2v) is 2.73. The van der Waals surface area contributed by atoms with Gasteiger partial charge < -0.3 is 19.5 Å². The van der Waals surface area contributed by atoms with Crippen molar-refractivity contribution in [2.24, 2.45) is 0 Å². The molecule has 0 bridgehead atoms. The minimum absolute atomic E-state index is 0.111. The molecule has 5 heteroatoms. The second kappa shape index (κ2) is 4.27. The van der Waals surface area contributed by atoms with E-state index in [1.807, 2.05) is 0 Å². The quantitative estimate of drug-likeness (QED) is 0.642. The lowest BCUT2D eigenvalue weighted by Gasteiger charge is -2.25. The summed E-state index contributed by atoms with van der Waals surface area (Å²) in [6.07, 6.45) is -1.05. The van der Waals surface area contributed by atoms with Crippen LogP contribution in [0.3, 0.4) is 0 Å². The van der Waals surface area contributed by atoms with Gasteiger partial charge in [0.1, 0.15) is 0 Å². The molecular formula is C7H13NO4. The number of carbonyl (C=O) groups is 1. The van der Waals surface area contributed by atoms with Gasteiger partial charge in [0.05, 0.1) is 32.5 Å². The Labute approximate surface area is 70.9 Å². The molecule has 1 heterocycles. The normalized spacial score (nSPS) is 23.6. The Morgan fingerprint density at radius 1 is 1.67 bits per heavy atom. The van der Waals surface area contributed by atoms with Gasteiger partial charge in [-0.1, -0.05) is 0 Å². The van der Waals surface area contributed by atoms with Gasteiger partial charge in [-0.25, -0.2) is 4.79 Å². The minimum Gasteiger partial charge on any atom is -0.465 e. The van der Waals surface area contributed by atoms with Crippen molar-refractivity contribution in [3.63, 3.8) is 0 Å². The number of amides is 1. The van der Waals surface area contributed by atoms with Gasteiger partial charge in [-0.2, -0.15) is 0 Å². The summed E-state index contributed by atoms with van der Waals surface area (Å²) in [7, 11) is 1.51. The number of ether oxygens (including phenoxy) is 2. The van der Waals surface area contributed by atoms with Crippen LogP contribution in [0.15, 0.2) is 0 Å². The van der Waals surface area contributed by atoms with Gasteiger partial charge in [-0.05, 0) is 0 Å². The third-order valence-electron chi connectivity index (χ3n) is 1.69. The van der Waals surface area contributed by atoms with Crippen molar-refractivity contribution in [2.45, 2.75) is 6.10 Å². The number of hydrogen-bond acceptors (Lipinski definition) is 3. The Morgan fingerprint density at radius 3 is 2.92 bits per heavy atom. The van der Waals surface area contributed by atoms with Crippen LogP contribution in [0.25, 0.3) is 0 Å². The molecule has 0 aromatic carbocycles. The fourth-order valence-corrected chi connectivity index (χ4v) is 1.03.